The molecule has 4 aromatic rings. The number of hydrogen-bond acceptors (Lipinski definition) is 8. The van der Waals surface area contributed by atoms with Gasteiger partial charge in [-0.25, -0.2) is 13.4 Å². The fraction of sp³-hybridized carbons (Fsp3) is 0.321. The molecule has 200 valence electrons. The average molecular weight is 537 g/mol. The molecule has 0 radical (unpaired) electrons. The van der Waals surface area contributed by atoms with Crippen LogP contribution in [0.4, 0.5) is 5.82 Å². The molecule has 0 bridgehead atoms. The lowest BCUT2D eigenvalue weighted by Crippen LogP contribution is -2.15. The summed E-state index contributed by atoms with van der Waals surface area (Å²) in [6.45, 7) is 10.4. The molecule has 4 rings (SSSR count). The first-order valence-corrected chi connectivity index (χ1v) is 13.9. The third kappa shape index (κ3) is 6.20. The van der Waals surface area contributed by atoms with Crippen molar-refractivity contribution in [2.45, 2.75) is 59.1 Å². The number of rotatable bonds is 11. The summed E-state index contributed by atoms with van der Waals surface area (Å²) in [5.41, 5.74) is 4.54. The SMILES string of the molecule is CCOCc1cc(COc2cc(C)nc(CC)n2)ccc1-c1ccccc1S(=O)(=O)Nc1noc(C)c1C. The molecule has 0 aliphatic heterocycles. The molecule has 2 aromatic heterocycles. The Balaban J connectivity index is 1.67. The highest BCUT2D eigenvalue weighted by atomic mass is 32.2. The summed E-state index contributed by atoms with van der Waals surface area (Å²) in [6, 6.07) is 14.5. The fourth-order valence-electron chi connectivity index (χ4n) is 3.94. The molecular weight excluding hydrogens is 504 g/mol. The Morgan fingerprint density at radius 2 is 1.74 bits per heavy atom. The molecule has 0 atom stereocenters. The lowest BCUT2D eigenvalue weighted by molar-refractivity contribution is 0.134. The Kier molecular flexibility index (Phi) is 8.43. The van der Waals surface area contributed by atoms with Crippen LogP contribution in [0.25, 0.3) is 11.1 Å². The summed E-state index contributed by atoms with van der Waals surface area (Å²) in [7, 11) is -3.96. The zero-order valence-corrected chi connectivity index (χ0v) is 23.1. The summed E-state index contributed by atoms with van der Waals surface area (Å²) in [6.07, 6.45) is 0.720. The number of ether oxygens (including phenoxy) is 2. The highest BCUT2D eigenvalue weighted by molar-refractivity contribution is 7.92. The third-order valence-electron chi connectivity index (χ3n) is 6.07. The van der Waals surface area contributed by atoms with Crippen LogP contribution in [0, 0.1) is 20.8 Å². The molecule has 38 heavy (non-hydrogen) atoms. The van der Waals surface area contributed by atoms with Crippen LogP contribution in [-0.2, 0) is 34.4 Å². The van der Waals surface area contributed by atoms with Gasteiger partial charge in [-0.2, -0.15) is 4.98 Å². The van der Waals surface area contributed by atoms with E-state index in [2.05, 4.69) is 19.8 Å². The molecule has 0 fully saturated rings. The smallest absolute Gasteiger partial charge is 0.263 e. The second-order valence-corrected chi connectivity index (χ2v) is 10.5. The summed E-state index contributed by atoms with van der Waals surface area (Å²) < 4.78 is 46.3. The highest BCUT2D eigenvalue weighted by Gasteiger charge is 2.23. The third-order valence-corrected chi connectivity index (χ3v) is 7.46. The average Bonchev–Trinajstić information content (AvgIpc) is 3.22. The molecule has 0 aliphatic carbocycles. The molecule has 0 aliphatic rings. The summed E-state index contributed by atoms with van der Waals surface area (Å²) in [4.78, 5) is 8.96. The first-order chi connectivity index (χ1) is 18.2. The van der Waals surface area contributed by atoms with Crippen molar-refractivity contribution in [1.29, 1.82) is 0 Å². The van der Waals surface area contributed by atoms with Crippen LogP contribution >= 0.6 is 0 Å². The van der Waals surface area contributed by atoms with E-state index in [1.165, 1.54) is 0 Å². The van der Waals surface area contributed by atoms with Gasteiger partial charge in [-0.3, -0.25) is 4.72 Å². The van der Waals surface area contributed by atoms with E-state index in [0.717, 1.165) is 34.6 Å². The van der Waals surface area contributed by atoms with Gasteiger partial charge in [0.15, 0.2) is 5.82 Å². The molecule has 0 saturated heterocycles. The van der Waals surface area contributed by atoms with Crippen molar-refractivity contribution >= 4 is 15.8 Å². The van der Waals surface area contributed by atoms with Crippen LogP contribution in [0.5, 0.6) is 5.88 Å². The first-order valence-electron chi connectivity index (χ1n) is 12.4. The zero-order valence-electron chi connectivity index (χ0n) is 22.2. The molecule has 2 heterocycles. The van der Waals surface area contributed by atoms with E-state index < -0.39 is 10.0 Å². The maximum atomic E-state index is 13.4. The van der Waals surface area contributed by atoms with E-state index in [9.17, 15) is 8.42 Å². The molecule has 0 unspecified atom stereocenters. The normalized spacial score (nSPS) is 11.5. The molecule has 10 heteroatoms. The van der Waals surface area contributed by atoms with Crippen molar-refractivity contribution in [2.24, 2.45) is 0 Å². The second-order valence-electron chi connectivity index (χ2n) is 8.85. The van der Waals surface area contributed by atoms with Crippen LogP contribution in [-0.4, -0.2) is 30.1 Å². The molecule has 0 amide bonds. The lowest BCUT2D eigenvalue weighted by Gasteiger charge is -2.16. The minimum absolute atomic E-state index is 0.130. The number of sulfonamides is 1. The predicted octanol–water partition coefficient (Wildman–Crippen LogP) is 5.54. The number of aryl methyl sites for hydroxylation is 3. The molecule has 0 spiro atoms. The van der Waals surface area contributed by atoms with Crippen LogP contribution in [0.3, 0.4) is 0 Å². The Bertz CT molecular complexity index is 1530. The fourth-order valence-corrected chi connectivity index (χ4v) is 5.22. The van der Waals surface area contributed by atoms with E-state index in [1.54, 1.807) is 38.1 Å². The minimum atomic E-state index is -3.96. The standard InChI is InChI=1S/C28H32N4O5S/c1-6-26-29-18(3)14-27(30-26)36-16-21-12-13-23(22(15-21)17-35-7-2)24-10-8-9-11-25(24)38(33,34)32-28-19(4)20(5)37-31-28/h8-15H,6-7,16-17H2,1-5H3,(H,31,32). The van der Waals surface area contributed by atoms with Gasteiger partial charge in [0.25, 0.3) is 10.0 Å². The Labute approximate surface area is 223 Å². The maximum absolute atomic E-state index is 13.4. The molecule has 0 saturated carbocycles. The largest absolute Gasteiger partial charge is 0.473 e. The Morgan fingerprint density at radius 3 is 2.45 bits per heavy atom. The van der Waals surface area contributed by atoms with E-state index in [1.807, 2.05) is 45.0 Å². The summed E-state index contributed by atoms with van der Waals surface area (Å²) >= 11 is 0. The number of hydrogen-bond donors (Lipinski definition) is 1. The van der Waals surface area contributed by atoms with Gasteiger partial charge in [-0.1, -0.05) is 42.4 Å². The minimum Gasteiger partial charge on any atom is -0.473 e. The Morgan fingerprint density at radius 1 is 0.947 bits per heavy atom. The maximum Gasteiger partial charge on any atom is 0.263 e. The van der Waals surface area contributed by atoms with Gasteiger partial charge in [0.05, 0.1) is 11.5 Å². The predicted molar refractivity (Wildman–Crippen MR) is 144 cm³/mol. The number of nitrogens with zero attached hydrogens (tertiary/aromatic N) is 3. The van der Waals surface area contributed by atoms with E-state index >= 15 is 0 Å². The van der Waals surface area contributed by atoms with E-state index in [0.29, 0.717) is 42.6 Å². The van der Waals surface area contributed by atoms with Gasteiger partial charge >= 0.3 is 0 Å². The molecule has 2 aromatic carbocycles. The number of anilines is 1. The van der Waals surface area contributed by atoms with Crippen LogP contribution in [0.1, 0.15) is 47.8 Å². The van der Waals surface area contributed by atoms with Crippen molar-refractivity contribution in [2.75, 3.05) is 11.3 Å². The van der Waals surface area contributed by atoms with E-state index in [-0.39, 0.29) is 10.7 Å². The topological polar surface area (TPSA) is 116 Å². The van der Waals surface area contributed by atoms with Gasteiger partial charge in [0.2, 0.25) is 5.88 Å². The molecular formula is C28H32N4O5S. The van der Waals surface area contributed by atoms with Gasteiger partial charge < -0.3 is 14.0 Å². The quantitative estimate of drug-likeness (QED) is 0.266. The number of benzene rings is 2. The zero-order chi connectivity index (χ0) is 27.3. The van der Waals surface area contributed by atoms with Crippen LogP contribution < -0.4 is 9.46 Å². The van der Waals surface area contributed by atoms with Crippen molar-refractivity contribution in [1.82, 2.24) is 15.1 Å². The van der Waals surface area contributed by atoms with Gasteiger partial charge in [-0.05, 0) is 56.5 Å². The molecule has 1 N–H and O–H groups in total. The Hall–Kier alpha value is -3.76. The van der Waals surface area contributed by atoms with Gasteiger partial charge in [0, 0.05) is 35.9 Å². The van der Waals surface area contributed by atoms with Crippen LogP contribution in [0.15, 0.2) is 57.9 Å². The van der Waals surface area contributed by atoms with E-state index in [4.69, 9.17) is 14.0 Å². The van der Waals surface area contributed by atoms with Crippen LogP contribution in [0.2, 0.25) is 0 Å². The first kappa shape index (κ1) is 27.3. The summed E-state index contributed by atoms with van der Waals surface area (Å²) in [5.74, 6) is 1.97. The summed E-state index contributed by atoms with van der Waals surface area (Å²) in [5, 5.41) is 3.85. The van der Waals surface area contributed by atoms with Gasteiger partial charge in [0.1, 0.15) is 18.2 Å². The highest BCUT2D eigenvalue weighted by Crippen LogP contribution is 2.33. The number of nitrogens with one attached hydrogen (secondary N) is 1. The van der Waals surface area contributed by atoms with Crippen molar-refractivity contribution in [3.05, 3.63) is 82.5 Å². The lowest BCUT2D eigenvalue weighted by atomic mass is 9.98. The molecule has 9 nitrogen and oxygen atoms in total. The van der Waals surface area contributed by atoms with Crippen molar-refractivity contribution < 1.29 is 22.4 Å². The van der Waals surface area contributed by atoms with Gasteiger partial charge in [-0.15, -0.1) is 0 Å². The number of aromatic nitrogens is 3. The van der Waals surface area contributed by atoms with Crippen molar-refractivity contribution in [3.63, 3.8) is 0 Å². The monoisotopic (exact) mass is 536 g/mol. The van der Waals surface area contributed by atoms with Crippen molar-refractivity contribution in [3.8, 4) is 17.0 Å². The second kappa shape index (κ2) is 11.7.